The van der Waals surface area contributed by atoms with Gasteiger partial charge in [0, 0.05) is 28.3 Å². The van der Waals surface area contributed by atoms with Crippen LogP contribution in [0.2, 0.25) is 5.02 Å². The highest BCUT2D eigenvalue weighted by atomic mass is 35.5. The van der Waals surface area contributed by atoms with E-state index < -0.39 is 11.9 Å². The minimum Gasteiger partial charge on any atom is -0.478 e. The summed E-state index contributed by atoms with van der Waals surface area (Å²) in [6.07, 6.45) is 2.94. The number of nitrogens with zero attached hydrogens (tertiary/aromatic N) is 3. The van der Waals surface area contributed by atoms with E-state index in [2.05, 4.69) is 9.55 Å². The molecule has 2 N–H and O–H groups in total. The Labute approximate surface area is 188 Å². The standard InChI is InChI=1S/C19H15ClFN3.C4H4O4/c1-11-18-10-22-12(2)24(18)17-8-7-13(20)9-15(17)19(23-11)14-5-3-4-6-16(14)21;5-3(6)1-2-4(7)8/h3-11H,1-2H3;1-2H,(H,5,6)(H,7,8). The van der Waals surface area contributed by atoms with Gasteiger partial charge in [0.05, 0.1) is 29.3 Å². The molecule has 2 heterocycles. The molecule has 0 bridgehead atoms. The Bertz CT molecular complexity index is 1230. The molecular formula is C23H19ClFN3O4. The molecule has 2 aromatic carbocycles. The van der Waals surface area contributed by atoms with Gasteiger partial charge in [-0.1, -0.05) is 23.7 Å². The maximum atomic E-state index is 14.4. The van der Waals surface area contributed by atoms with Gasteiger partial charge in [0.2, 0.25) is 0 Å². The number of hydrogen-bond acceptors (Lipinski definition) is 4. The van der Waals surface area contributed by atoms with Crippen molar-refractivity contribution in [1.29, 1.82) is 0 Å². The Kier molecular flexibility index (Phi) is 6.85. The van der Waals surface area contributed by atoms with Crippen LogP contribution in [0.25, 0.3) is 5.69 Å². The topological polar surface area (TPSA) is 105 Å². The first-order valence-electron chi connectivity index (χ1n) is 9.50. The summed E-state index contributed by atoms with van der Waals surface area (Å²) in [5, 5.41) is 16.2. The van der Waals surface area contributed by atoms with Crippen molar-refractivity contribution in [1.82, 2.24) is 9.55 Å². The van der Waals surface area contributed by atoms with Crippen LogP contribution in [0.1, 0.15) is 35.6 Å². The van der Waals surface area contributed by atoms with Crippen molar-refractivity contribution >= 4 is 29.3 Å². The average Bonchev–Trinajstić information content (AvgIpc) is 3.07. The van der Waals surface area contributed by atoms with Crippen molar-refractivity contribution in [2.75, 3.05) is 0 Å². The lowest BCUT2D eigenvalue weighted by atomic mass is 10.00. The van der Waals surface area contributed by atoms with Crippen LogP contribution in [-0.2, 0) is 9.59 Å². The minimum absolute atomic E-state index is 0.146. The Morgan fingerprint density at radius 1 is 1.09 bits per heavy atom. The SMILES string of the molecule is Cc1ncc2n1-c1ccc(Cl)cc1C(c1ccccc1F)=NC2C.O=C(O)C=CC(=O)O. The number of carbonyl (C=O) groups is 2. The fraction of sp³-hybridized carbons (Fsp3) is 0.130. The van der Waals surface area contributed by atoms with E-state index in [9.17, 15) is 14.0 Å². The van der Waals surface area contributed by atoms with E-state index in [4.69, 9.17) is 26.8 Å². The van der Waals surface area contributed by atoms with Crippen LogP contribution < -0.4 is 0 Å². The number of imidazole rings is 1. The quantitative estimate of drug-likeness (QED) is 0.562. The first-order chi connectivity index (χ1) is 15.2. The summed E-state index contributed by atoms with van der Waals surface area (Å²) in [6.45, 7) is 3.93. The number of rotatable bonds is 3. The molecule has 0 radical (unpaired) electrons. The molecule has 9 heteroatoms. The number of carboxylic acids is 2. The summed E-state index contributed by atoms with van der Waals surface area (Å²) in [4.78, 5) is 28.3. The Balaban J connectivity index is 0.000000312. The van der Waals surface area contributed by atoms with Crippen molar-refractivity contribution < 1.29 is 24.2 Å². The molecule has 1 aliphatic heterocycles. The van der Waals surface area contributed by atoms with Crippen LogP contribution in [0.3, 0.4) is 0 Å². The number of aromatic nitrogens is 2. The average molecular weight is 456 g/mol. The molecule has 32 heavy (non-hydrogen) atoms. The van der Waals surface area contributed by atoms with Crippen molar-refractivity contribution in [3.05, 3.63) is 94.3 Å². The second kappa shape index (κ2) is 9.57. The van der Waals surface area contributed by atoms with Crippen LogP contribution in [-0.4, -0.2) is 37.4 Å². The van der Waals surface area contributed by atoms with Gasteiger partial charge in [-0.05, 0) is 44.2 Å². The van der Waals surface area contributed by atoms with Crippen LogP contribution in [0, 0.1) is 12.7 Å². The minimum atomic E-state index is -1.26. The highest BCUT2D eigenvalue weighted by Gasteiger charge is 2.25. The summed E-state index contributed by atoms with van der Waals surface area (Å²) in [5.41, 5.74) is 3.78. The lowest BCUT2D eigenvalue weighted by Gasteiger charge is -2.14. The molecule has 1 aliphatic rings. The normalized spacial score (nSPS) is 14.5. The van der Waals surface area contributed by atoms with Gasteiger partial charge in [-0.3, -0.25) is 9.56 Å². The molecule has 4 rings (SSSR count). The maximum absolute atomic E-state index is 14.4. The lowest BCUT2D eigenvalue weighted by molar-refractivity contribution is -0.134. The summed E-state index contributed by atoms with van der Waals surface area (Å²) in [6, 6.07) is 12.1. The molecule has 1 aromatic heterocycles. The first-order valence-corrected chi connectivity index (χ1v) is 9.88. The summed E-state index contributed by atoms with van der Waals surface area (Å²) in [5.74, 6) is -1.94. The summed E-state index contributed by atoms with van der Waals surface area (Å²) >= 11 is 6.23. The van der Waals surface area contributed by atoms with Gasteiger partial charge in [-0.15, -0.1) is 0 Å². The Hall–Kier alpha value is -3.78. The van der Waals surface area contributed by atoms with Gasteiger partial charge in [-0.2, -0.15) is 0 Å². The predicted molar refractivity (Wildman–Crippen MR) is 118 cm³/mol. The Morgan fingerprint density at radius 2 is 1.75 bits per heavy atom. The van der Waals surface area contributed by atoms with Crippen LogP contribution in [0.15, 0.2) is 65.8 Å². The van der Waals surface area contributed by atoms with Crippen LogP contribution >= 0.6 is 11.6 Å². The van der Waals surface area contributed by atoms with Gasteiger partial charge in [0.1, 0.15) is 11.6 Å². The number of benzene rings is 2. The van der Waals surface area contributed by atoms with Gasteiger partial charge in [0.25, 0.3) is 0 Å². The zero-order chi connectivity index (χ0) is 23.4. The van der Waals surface area contributed by atoms with Gasteiger partial charge >= 0.3 is 11.9 Å². The zero-order valence-corrected chi connectivity index (χ0v) is 17.9. The highest BCUT2D eigenvalue weighted by molar-refractivity contribution is 6.31. The smallest absolute Gasteiger partial charge is 0.328 e. The van der Waals surface area contributed by atoms with E-state index in [1.165, 1.54) is 6.07 Å². The van der Waals surface area contributed by atoms with E-state index in [0.717, 1.165) is 22.8 Å². The Morgan fingerprint density at radius 3 is 2.38 bits per heavy atom. The molecule has 0 spiro atoms. The zero-order valence-electron chi connectivity index (χ0n) is 17.2. The molecule has 164 valence electrons. The van der Waals surface area contributed by atoms with E-state index in [0.29, 0.717) is 28.4 Å². The third kappa shape index (κ3) is 4.92. The fourth-order valence-corrected chi connectivity index (χ4v) is 3.47. The van der Waals surface area contributed by atoms with E-state index in [1.807, 2.05) is 44.3 Å². The third-order valence-electron chi connectivity index (χ3n) is 4.67. The number of aliphatic carboxylic acids is 2. The summed E-state index contributed by atoms with van der Waals surface area (Å²) < 4.78 is 16.5. The monoisotopic (exact) mass is 455 g/mol. The number of aryl methyl sites for hydroxylation is 1. The second-order valence-electron chi connectivity index (χ2n) is 6.87. The molecule has 0 aliphatic carbocycles. The molecule has 0 saturated heterocycles. The largest absolute Gasteiger partial charge is 0.478 e. The van der Waals surface area contributed by atoms with Crippen LogP contribution in [0.5, 0.6) is 0 Å². The molecule has 3 aromatic rings. The van der Waals surface area contributed by atoms with Crippen molar-refractivity contribution in [3.63, 3.8) is 0 Å². The molecule has 7 nitrogen and oxygen atoms in total. The molecular weight excluding hydrogens is 437 g/mol. The van der Waals surface area contributed by atoms with Crippen molar-refractivity contribution in [2.24, 2.45) is 4.99 Å². The lowest BCUT2D eigenvalue weighted by Crippen LogP contribution is -2.09. The molecule has 1 unspecified atom stereocenters. The van der Waals surface area contributed by atoms with E-state index >= 15 is 0 Å². The molecule has 0 saturated carbocycles. The predicted octanol–water partition coefficient (Wildman–Crippen LogP) is 4.60. The van der Waals surface area contributed by atoms with Gasteiger partial charge in [-0.25, -0.2) is 19.0 Å². The number of carboxylic acid groups (broad SMARTS) is 2. The van der Waals surface area contributed by atoms with Crippen LogP contribution in [0.4, 0.5) is 4.39 Å². The maximum Gasteiger partial charge on any atom is 0.328 e. The fourth-order valence-electron chi connectivity index (χ4n) is 3.30. The van der Waals surface area contributed by atoms with E-state index in [-0.39, 0.29) is 11.9 Å². The van der Waals surface area contributed by atoms with Gasteiger partial charge in [0.15, 0.2) is 0 Å². The number of aliphatic imine (C=N–C) groups is 1. The summed E-state index contributed by atoms with van der Waals surface area (Å²) in [7, 11) is 0. The van der Waals surface area contributed by atoms with Crippen molar-refractivity contribution in [3.8, 4) is 5.69 Å². The number of hydrogen-bond donors (Lipinski definition) is 2. The second-order valence-corrected chi connectivity index (χ2v) is 7.31. The highest BCUT2D eigenvalue weighted by Crippen LogP contribution is 2.33. The van der Waals surface area contributed by atoms with Crippen molar-refractivity contribution in [2.45, 2.75) is 19.9 Å². The first kappa shape index (κ1) is 22.9. The van der Waals surface area contributed by atoms with E-state index in [1.54, 1.807) is 12.1 Å². The molecule has 0 fully saturated rings. The third-order valence-corrected chi connectivity index (χ3v) is 4.90. The molecule has 1 atom stereocenters. The number of fused-ring (bicyclic) bond motifs is 3. The number of halogens is 2. The van der Waals surface area contributed by atoms with Gasteiger partial charge < -0.3 is 10.2 Å². The molecule has 0 amide bonds.